The number of pyridine rings is 1. The predicted molar refractivity (Wildman–Crippen MR) is 85.7 cm³/mol. The number of nitrogens with one attached hydrogen (secondary N) is 1. The van der Waals surface area contributed by atoms with Crippen molar-refractivity contribution in [2.45, 2.75) is 13.0 Å². The number of nitrogens with zero attached hydrogens (tertiary/aromatic N) is 1. The highest BCUT2D eigenvalue weighted by Gasteiger charge is 2.21. The smallest absolute Gasteiger partial charge is 0.342 e. The molecule has 0 unspecified atom stereocenters. The third kappa shape index (κ3) is 4.43. The summed E-state index contributed by atoms with van der Waals surface area (Å²) in [6.07, 6.45) is 0.461. The number of hydrogen-bond acceptors (Lipinski definition) is 5. The highest BCUT2D eigenvalue weighted by atomic mass is 35.5. The van der Waals surface area contributed by atoms with Crippen molar-refractivity contribution in [3.63, 3.8) is 0 Å². The van der Waals surface area contributed by atoms with E-state index in [2.05, 4.69) is 10.3 Å². The summed E-state index contributed by atoms with van der Waals surface area (Å²) >= 11 is 5.82. The molecule has 0 saturated heterocycles. The van der Waals surface area contributed by atoms with Crippen molar-refractivity contribution in [2.24, 2.45) is 0 Å². The van der Waals surface area contributed by atoms with Crippen LogP contribution in [0.4, 0.5) is 5.69 Å². The van der Waals surface area contributed by atoms with E-state index in [1.165, 1.54) is 26.3 Å². The van der Waals surface area contributed by atoms with E-state index in [1.54, 1.807) is 30.3 Å². The molecule has 2 aromatic rings. The Bertz CT molecular complexity index is 721. The number of anilines is 1. The molecule has 0 saturated carbocycles. The van der Waals surface area contributed by atoms with Gasteiger partial charge in [0.05, 0.1) is 12.7 Å². The summed E-state index contributed by atoms with van der Waals surface area (Å²) in [5.41, 5.74) is 0.645. The number of carbonyl (C=O) groups is 2. The van der Waals surface area contributed by atoms with Crippen molar-refractivity contribution in [3.8, 4) is 5.75 Å². The lowest BCUT2D eigenvalue weighted by molar-refractivity contribution is -0.123. The second kappa shape index (κ2) is 7.60. The predicted octanol–water partition coefficient (Wildman–Crippen LogP) is 2.93. The van der Waals surface area contributed by atoms with E-state index in [1.807, 2.05) is 0 Å². The summed E-state index contributed by atoms with van der Waals surface area (Å²) in [5, 5.41) is 2.67. The van der Waals surface area contributed by atoms with Crippen LogP contribution in [0.1, 0.15) is 17.3 Å². The van der Waals surface area contributed by atoms with Gasteiger partial charge in [0.1, 0.15) is 10.9 Å². The third-order valence-corrected chi connectivity index (χ3v) is 3.27. The van der Waals surface area contributed by atoms with Gasteiger partial charge in [0.25, 0.3) is 5.91 Å². The Balaban J connectivity index is 1.99. The van der Waals surface area contributed by atoms with Crippen LogP contribution in [0.5, 0.6) is 5.75 Å². The summed E-state index contributed by atoms with van der Waals surface area (Å²) < 4.78 is 10.2. The molecule has 0 bridgehead atoms. The molecular formula is C16H15ClN2O4. The number of rotatable bonds is 5. The van der Waals surface area contributed by atoms with Gasteiger partial charge in [-0.3, -0.25) is 4.79 Å². The Morgan fingerprint density at radius 1 is 1.26 bits per heavy atom. The number of amides is 1. The summed E-state index contributed by atoms with van der Waals surface area (Å²) in [4.78, 5) is 27.9. The molecule has 0 spiro atoms. The van der Waals surface area contributed by atoms with E-state index < -0.39 is 18.0 Å². The van der Waals surface area contributed by atoms with E-state index in [-0.39, 0.29) is 10.7 Å². The molecule has 1 aromatic carbocycles. The van der Waals surface area contributed by atoms with Crippen LogP contribution in [0.2, 0.25) is 5.15 Å². The summed E-state index contributed by atoms with van der Waals surface area (Å²) in [5.74, 6) is -0.572. The maximum Gasteiger partial charge on any atom is 0.342 e. The lowest BCUT2D eigenvalue weighted by atomic mass is 10.2. The number of hydrogen-bond donors (Lipinski definition) is 1. The van der Waals surface area contributed by atoms with Crippen LogP contribution in [0.15, 0.2) is 42.6 Å². The number of carbonyl (C=O) groups excluding carboxylic acids is 2. The molecule has 0 aliphatic carbocycles. The van der Waals surface area contributed by atoms with Crippen molar-refractivity contribution in [1.29, 1.82) is 0 Å². The Labute approximate surface area is 138 Å². The lowest BCUT2D eigenvalue weighted by Crippen LogP contribution is -2.30. The standard InChI is InChI=1S/C16H15ClN2O4/c1-10(23-16(21)13-7-4-8-18-14(13)17)15(20)19-11-5-3-6-12(9-11)22-2/h3-10H,1-2H3,(H,19,20)/t10-/m0/s1. The minimum atomic E-state index is -0.995. The van der Waals surface area contributed by atoms with E-state index in [4.69, 9.17) is 21.1 Å². The minimum absolute atomic E-state index is 0.0258. The van der Waals surface area contributed by atoms with Gasteiger partial charge in [-0.2, -0.15) is 0 Å². The van der Waals surface area contributed by atoms with Crippen LogP contribution in [0, 0.1) is 0 Å². The quantitative estimate of drug-likeness (QED) is 0.672. The molecule has 0 fully saturated rings. The molecule has 0 radical (unpaired) electrons. The minimum Gasteiger partial charge on any atom is -0.497 e. The van der Waals surface area contributed by atoms with Gasteiger partial charge in [0.15, 0.2) is 6.10 Å². The first-order valence-electron chi connectivity index (χ1n) is 6.77. The molecule has 1 heterocycles. The van der Waals surface area contributed by atoms with E-state index >= 15 is 0 Å². The van der Waals surface area contributed by atoms with E-state index in [0.717, 1.165) is 0 Å². The molecule has 7 heteroatoms. The van der Waals surface area contributed by atoms with Crippen molar-refractivity contribution >= 4 is 29.2 Å². The first-order chi connectivity index (χ1) is 11.0. The topological polar surface area (TPSA) is 77.5 Å². The molecule has 0 aliphatic heterocycles. The van der Waals surface area contributed by atoms with Gasteiger partial charge in [-0.25, -0.2) is 9.78 Å². The van der Waals surface area contributed by atoms with Gasteiger partial charge in [-0.1, -0.05) is 17.7 Å². The van der Waals surface area contributed by atoms with Gasteiger partial charge < -0.3 is 14.8 Å². The van der Waals surface area contributed by atoms with Crippen LogP contribution in [0.3, 0.4) is 0 Å². The van der Waals surface area contributed by atoms with Gasteiger partial charge >= 0.3 is 5.97 Å². The van der Waals surface area contributed by atoms with Crippen LogP contribution in [-0.2, 0) is 9.53 Å². The van der Waals surface area contributed by atoms with Gasteiger partial charge in [-0.05, 0) is 31.2 Å². The Morgan fingerprint density at radius 2 is 2.04 bits per heavy atom. The molecule has 1 atom stereocenters. The molecule has 0 aliphatic rings. The summed E-state index contributed by atoms with van der Waals surface area (Å²) in [6, 6.07) is 9.88. The SMILES string of the molecule is COc1cccc(NC(=O)[C@H](C)OC(=O)c2cccnc2Cl)c1. The highest BCUT2D eigenvalue weighted by molar-refractivity contribution is 6.32. The number of esters is 1. The van der Waals surface area contributed by atoms with Crippen LogP contribution in [-0.4, -0.2) is 30.1 Å². The second-order valence-electron chi connectivity index (χ2n) is 4.61. The third-order valence-electron chi connectivity index (χ3n) is 2.97. The maximum atomic E-state index is 12.1. The molecule has 23 heavy (non-hydrogen) atoms. The summed E-state index contributed by atoms with van der Waals surface area (Å²) in [7, 11) is 1.53. The fourth-order valence-corrected chi connectivity index (χ4v) is 1.96. The normalized spacial score (nSPS) is 11.4. The monoisotopic (exact) mass is 334 g/mol. The molecule has 120 valence electrons. The molecule has 6 nitrogen and oxygen atoms in total. The van der Waals surface area contributed by atoms with Gasteiger partial charge in [0.2, 0.25) is 0 Å². The second-order valence-corrected chi connectivity index (χ2v) is 4.97. The number of benzene rings is 1. The zero-order chi connectivity index (χ0) is 16.8. The molecule has 1 N–H and O–H groups in total. The van der Waals surface area contributed by atoms with Crippen LogP contribution >= 0.6 is 11.6 Å². The van der Waals surface area contributed by atoms with Crippen molar-refractivity contribution in [3.05, 3.63) is 53.3 Å². The zero-order valence-corrected chi connectivity index (χ0v) is 13.3. The van der Waals surface area contributed by atoms with Crippen molar-refractivity contribution in [2.75, 3.05) is 12.4 Å². The molecule has 2 rings (SSSR count). The largest absolute Gasteiger partial charge is 0.497 e. The molecule has 1 aromatic heterocycles. The van der Waals surface area contributed by atoms with E-state index in [9.17, 15) is 9.59 Å². The van der Waals surface area contributed by atoms with E-state index in [0.29, 0.717) is 11.4 Å². The van der Waals surface area contributed by atoms with Crippen molar-refractivity contribution in [1.82, 2.24) is 4.98 Å². The number of ether oxygens (including phenoxy) is 2. The van der Waals surface area contributed by atoms with Gasteiger partial charge in [-0.15, -0.1) is 0 Å². The number of halogens is 1. The first-order valence-corrected chi connectivity index (χ1v) is 7.15. The molecular weight excluding hydrogens is 320 g/mol. The Morgan fingerprint density at radius 3 is 2.74 bits per heavy atom. The van der Waals surface area contributed by atoms with Gasteiger partial charge in [0, 0.05) is 18.0 Å². The van der Waals surface area contributed by atoms with Crippen LogP contribution in [0.25, 0.3) is 0 Å². The van der Waals surface area contributed by atoms with Crippen molar-refractivity contribution < 1.29 is 19.1 Å². The first kappa shape index (κ1) is 16.8. The van der Waals surface area contributed by atoms with Crippen LogP contribution < -0.4 is 10.1 Å². The Hall–Kier alpha value is -2.60. The fraction of sp³-hybridized carbons (Fsp3) is 0.188. The average molecular weight is 335 g/mol. The zero-order valence-electron chi connectivity index (χ0n) is 12.6. The number of methoxy groups -OCH3 is 1. The number of aromatic nitrogens is 1. The summed E-state index contributed by atoms with van der Waals surface area (Å²) in [6.45, 7) is 1.47. The lowest BCUT2D eigenvalue weighted by Gasteiger charge is -2.14. The fourth-order valence-electron chi connectivity index (χ4n) is 1.76. The Kier molecular flexibility index (Phi) is 5.54. The molecule has 1 amide bonds. The average Bonchev–Trinajstić information content (AvgIpc) is 2.55. The highest BCUT2D eigenvalue weighted by Crippen LogP contribution is 2.18. The maximum absolute atomic E-state index is 12.1.